The van der Waals surface area contributed by atoms with Gasteiger partial charge in [-0.25, -0.2) is 14.2 Å². The number of carboxylic acid groups (broad SMARTS) is 1. The van der Waals surface area contributed by atoms with E-state index in [4.69, 9.17) is 0 Å². The molecule has 1 spiro atoms. The van der Waals surface area contributed by atoms with Crippen molar-refractivity contribution in [3.8, 4) is 11.1 Å². The summed E-state index contributed by atoms with van der Waals surface area (Å²) in [7, 11) is 2.09. The molecule has 7 nitrogen and oxygen atoms in total. The van der Waals surface area contributed by atoms with Crippen molar-refractivity contribution in [2.45, 2.75) is 38.6 Å². The molecule has 2 fully saturated rings. The number of anilines is 2. The van der Waals surface area contributed by atoms with Gasteiger partial charge in [0, 0.05) is 54.6 Å². The molecule has 2 aromatic heterocycles. The Morgan fingerprint density at radius 3 is 2.71 bits per heavy atom. The van der Waals surface area contributed by atoms with E-state index in [1.807, 2.05) is 6.92 Å². The first kappa shape index (κ1) is 21.3. The monoisotopic (exact) mass is 461 g/mol. The zero-order chi connectivity index (χ0) is 23.6. The van der Waals surface area contributed by atoms with Crippen LogP contribution in [0.25, 0.3) is 21.9 Å². The Balaban J connectivity index is 1.37. The van der Waals surface area contributed by atoms with Gasteiger partial charge < -0.3 is 15.3 Å². The van der Waals surface area contributed by atoms with Gasteiger partial charge in [-0.3, -0.25) is 9.88 Å². The maximum atomic E-state index is 15.2. The SMILES string of the molecule is Cc1c(-c2cc3cc(N(C(=O)O)C4CC5(C4)CN(C)C5)ncc3cc2F)cnc2c1NCCC2. The molecule has 34 heavy (non-hydrogen) atoms. The number of rotatable bonds is 3. The van der Waals surface area contributed by atoms with Crippen molar-refractivity contribution < 1.29 is 14.3 Å². The molecule has 1 amide bonds. The summed E-state index contributed by atoms with van der Waals surface area (Å²) < 4.78 is 15.2. The van der Waals surface area contributed by atoms with Gasteiger partial charge in [0.05, 0.1) is 11.4 Å². The zero-order valence-electron chi connectivity index (χ0n) is 19.4. The lowest BCUT2D eigenvalue weighted by Gasteiger charge is -2.59. The van der Waals surface area contributed by atoms with Gasteiger partial charge in [0.15, 0.2) is 0 Å². The summed E-state index contributed by atoms with van der Waals surface area (Å²) in [5, 5.41) is 14.8. The van der Waals surface area contributed by atoms with Crippen molar-refractivity contribution >= 4 is 28.4 Å². The van der Waals surface area contributed by atoms with E-state index in [0.29, 0.717) is 16.8 Å². The molecular weight excluding hydrogens is 433 g/mol. The molecule has 3 aliphatic rings. The molecule has 176 valence electrons. The molecule has 2 aliphatic heterocycles. The second kappa shape index (κ2) is 7.63. The highest BCUT2D eigenvalue weighted by atomic mass is 19.1. The summed E-state index contributed by atoms with van der Waals surface area (Å²) in [6.45, 7) is 4.92. The van der Waals surface area contributed by atoms with E-state index in [1.54, 1.807) is 24.5 Å². The molecule has 8 heteroatoms. The number of amides is 1. The Morgan fingerprint density at radius 1 is 1.18 bits per heavy atom. The van der Waals surface area contributed by atoms with Crippen LogP contribution in [0.2, 0.25) is 0 Å². The lowest BCUT2D eigenvalue weighted by molar-refractivity contribution is -0.0569. The van der Waals surface area contributed by atoms with Crippen molar-refractivity contribution in [3.63, 3.8) is 0 Å². The molecule has 1 aromatic carbocycles. The van der Waals surface area contributed by atoms with Crippen molar-refractivity contribution in [1.29, 1.82) is 0 Å². The number of nitrogens with one attached hydrogen (secondary N) is 1. The molecule has 6 rings (SSSR count). The van der Waals surface area contributed by atoms with Crippen LogP contribution < -0.4 is 10.2 Å². The van der Waals surface area contributed by atoms with Crippen molar-refractivity contribution in [2.24, 2.45) is 5.41 Å². The number of benzene rings is 1. The molecular formula is C26H28FN5O2. The highest BCUT2D eigenvalue weighted by Crippen LogP contribution is 2.50. The van der Waals surface area contributed by atoms with Gasteiger partial charge in [-0.15, -0.1) is 0 Å². The number of nitrogens with zero attached hydrogens (tertiary/aromatic N) is 4. The predicted octanol–water partition coefficient (Wildman–Crippen LogP) is 4.68. The largest absolute Gasteiger partial charge is 0.465 e. The lowest BCUT2D eigenvalue weighted by Crippen LogP contribution is -2.66. The van der Waals surface area contributed by atoms with Crippen LogP contribution >= 0.6 is 0 Å². The summed E-state index contributed by atoms with van der Waals surface area (Å²) in [6.07, 6.45) is 5.98. The minimum atomic E-state index is -0.998. The first-order chi connectivity index (χ1) is 16.3. The predicted molar refractivity (Wildman–Crippen MR) is 130 cm³/mol. The van der Waals surface area contributed by atoms with Crippen LogP contribution in [0.15, 0.2) is 30.6 Å². The number of pyridine rings is 2. The van der Waals surface area contributed by atoms with Gasteiger partial charge in [-0.05, 0) is 74.2 Å². The highest BCUT2D eigenvalue weighted by molar-refractivity contribution is 5.93. The molecule has 1 saturated heterocycles. The van der Waals surface area contributed by atoms with Crippen LogP contribution in [-0.2, 0) is 6.42 Å². The van der Waals surface area contributed by atoms with E-state index >= 15 is 4.39 Å². The second-order valence-electron chi connectivity index (χ2n) is 10.3. The van der Waals surface area contributed by atoms with Gasteiger partial charge in [0.25, 0.3) is 0 Å². The van der Waals surface area contributed by atoms with Crippen LogP contribution in [0.1, 0.15) is 30.5 Å². The third-order valence-electron chi connectivity index (χ3n) is 7.76. The van der Waals surface area contributed by atoms with Crippen molar-refractivity contribution in [2.75, 3.05) is 36.9 Å². The number of carbonyl (C=O) groups is 1. The van der Waals surface area contributed by atoms with Crippen LogP contribution in [0.3, 0.4) is 0 Å². The Bertz CT molecular complexity index is 1310. The van der Waals surface area contributed by atoms with Gasteiger partial charge >= 0.3 is 6.09 Å². The van der Waals surface area contributed by atoms with Gasteiger partial charge in [0.2, 0.25) is 0 Å². The van der Waals surface area contributed by atoms with E-state index in [9.17, 15) is 9.90 Å². The first-order valence-corrected chi connectivity index (χ1v) is 11.9. The summed E-state index contributed by atoms with van der Waals surface area (Å²) in [4.78, 5) is 24.8. The van der Waals surface area contributed by atoms with Gasteiger partial charge in [0.1, 0.15) is 11.6 Å². The van der Waals surface area contributed by atoms with Crippen molar-refractivity contribution in [1.82, 2.24) is 14.9 Å². The summed E-state index contributed by atoms with van der Waals surface area (Å²) in [6, 6.07) is 4.96. The lowest BCUT2D eigenvalue weighted by atomic mass is 9.60. The standard InChI is InChI=1S/C26H28FN5O2/c1-15-20(12-29-22-4-3-5-28-24(15)22)19-6-16-8-23(30-11-17(16)7-21(19)27)32(25(33)34)18-9-26(10-18)13-31(2)14-26/h6-8,11-12,18,28H,3-5,9-10,13-14H2,1-2H3,(H,33,34). The Kier molecular flexibility index (Phi) is 4.78. The fraction of sp³-hybridized carbons (Fsp3) is 0.423. The molecule has 0 unspecified atom stereocenters. The Morgan fingerprint density at radius 2 is 1.97 bits per heavy atom. The van der Waals surface area contributed by atoms with Gasteiger partial charge in [-0.2, -0.15) is 0 Å². The van der Waals surface area contributed by atoms with Crippen molar-refractivity contribution in [3.05, 3.63) is 47.7 Å². The molecule has 0 bridgehead atoms. The molecule has 0 radical (unpaired) electrons. The van der Waals surface area contributed by atoms with E-state index < -0.39 is 6.09 Å². The number of fused-ring (bicyclic) bond motifs is 2. The Hall–Kier alpha value is -3.26. The summed E-state index contributed by atoms with van der Waals surface area (Å²) >= 11 is 0. The topological polar surface area (TPSA) is 81.6 Å². The quantitative estimate of drug-likeness (QED) is 0.589. The minimum absolute atomic E-state index is 0.0748. The number of hydrogen-bond donors (Lipinski definition) is 2. The molecule has 1 saturated carbocycles. The van der Waals surface area contributed by atoms with E-state index in [1.165, 1.54) is 11.0 Å². The minimum Gasteiger partial charge on any atom is -0.465 e. The van der Waals surface area contributed by atoms with Crippen LogP contribution in [0.4, 0.5) is 20.7 Å². The summed E-state index contributed by atoms with van der Waals surface area (Å²) in [5.41, 5.74) is 4.47. The fourth-order valence-corrected chi connectivity index (χ4v) is 6.23. The molecule has 2 N–H and O–H groups in total. The van der Waals surface area contributed by atoms with E-state index in [-0.39, 0.29) is 17.3 Å². The molecule has 3 aromatic rings. The average Bonchev–Trinajstić information content (AvgIpc) is 2.77. The van der Waals surface area contributed by atoms with E-state index in [2.05, 4.69) is 27.2 Å². The van der Waals surface area contributed by atoms with Crippen LogP contribution in [-0.4, -0.2) is 58.8 Å². The maximum Gasteiger partial charge on any atom is 0.413 e. The third kappa shape index (κ3) is 3.31. The molecule has 4 heterocycles. The van der Waals surface area contributed by atoms with Crippen LogP contribution in [0.5, 0.6) is 0 Å². The van der Waals surface area contributed by atoms with Crippen LogP contribution in [0, 0.1) is 18.2 Å². The van der Waals surface area contributed by atoms with Gasteiger partial charge in [-0.1, -0.05) is 0 Å². The maximum absolute atomic E-state index is 15.2. The number of halogens is 1. The fourth-order valence-electron chi connectivity index (χ4n) is 6.23. The summed E-state index contributed by atoms with van der Waals surface area (Å²) in [5.74, 6) is 0.0554. The Labute approximate surface area is 197 Å². The molecule has 1 aliphatic carbocycles. The van der Waals surface area contributed by atoms with E-state index in [0.717, 1.165) is 73.2 Å². The second-order valence-corrected chi connectivity index (χ2v) is 10.3. The number of likely N-dealkylation sites (tertiary alicyclic amines) is 1. The third-order valence-corrected chi connectivity index (χ3v) is 7.76. The number of hydrogen-bond acceptors (Lipinski definition) is 5. The normalized spacial score (nSPS) is 19.3. The zero-order valence-corrected chi connectivity index (χ0v) is 19.4. The first-order valence-electron chi connectivity index (χ1n) is 11.9. The highest BCUT2D eigenvalue weighted by Gasteiger charge is 2.54. The smallest absolute Gasteiger partial charge is 0.413 e. The number of aryl methyl sites for hydroxylation is 1. The number of aromatic nitrogens is 2. The molecule has 0 atom stereocenters. The average molecular weight is 462 g/mol.